The zero-order valence-electron chi connectivity index (χ0n) is 18.1. The molecule has 0 aliphatic heterocycles. The molecule has 0 radical (unpaired) electrons. The number of halogens is 3. The lowest BCUT2D eigenvalue weighted by Crippen LogP contribution is -2.28. The molecule has 11 heteroatoms. The number of hydrogen-bond donors (Lipinski definition) is 2. The van der Waals surface area contributed by atoms with E-state index < -0.39 is 12.3 Å². The molecule has 34 heavy (non-hydrogen) atoms. The molecule has 1 heterocycles. The second-order valence-electron chi connectivity index (χ2n) is 7.14. The molecule has 0 atom stereocenters. The summed E-state index contributed by atoms with van der Waals surface area (Å²) in [5.74, 6) is -0.912. The second kappa shape index (κ2) is 11.5. The quantitative estimate of drug-likeness (QED) is 0.445. The second-order valence-corrected chi connectivity index (χ2v) is 8.09. The Morgan fingerprint density at radius 2 is 1.74 bits per heavy atom. The molecule has 0 bridgehead atoms. The van der Waals surface area contributed by atoms with E-state index in [-0.39, 0.29) is 36.3 Å². The van der Waals surface area contributed by atoms with Crippen LogP contribution in [0.25, 0.3) is 0 Å². The van der Waals surface area contributed by atoms with Crippen molar-refractivity contribution in [1.82, 2.24) is 15.6 Å². The van der Waals surface area contributed by atoms with Crippen LogP contribution in [-0.4, -0.2) is 36.3 Å². The van der Waals surface area contributed by atoms with Crippen molar-refractivity contribution in [2.75, 3.05) is 13.2 Å². The molecule has 180 valence electrons. The summed E-state index contributed by atoms with van der Waals surface area (Å²) >= 11 is 1.24. The van der Waals surface area contributed by atoms with Gasteiger partial charge in [0.25, 0.3) is 11.8 Å². The van der Waals surface area contributed by atoms with E-state index in [1.165, 1.54) is 29.0 Å². The summed E-state index contributed by atoms with van der Waals surface area (Å²) in [5.41, 5.74) is 2.61. The van der Waals surface area contributed by atoms with Crippen molar-refractivity contribution in [3.05, 3.63) is 75.7 Å². The fraction of sp³-hybridized carbons (Fsp3) is 0.261. The molecular weight excluding hydrogens is 471 g/mol. The first-order valence-corrected chi connectivity index (χ1v) is 11.1. The smallest absolute Gasteiger partial charge is 0.484 e. The molecule has 0 aliphatic carbocycles. The lowest BCUT2D eigenvalue weighted by molar-refractivity contribution is -0.274. The van der Waals surface area contributed by atoms with Crippen LogP contribution in [0.4, 0.5) is 13.2 Å². The summed E-state index contributed by atoms with van der Waals surface area (Å²) in [5, 5.41) is 7.61. The van der Waals surface area contributed by atoms with Crippen LogP contribution in [0.3, 0.4) is 0 Å². The highest BCUT2D eigenvalue weighted by Crippen LogP contribution is 2.24. The molecule has 0 unspecified atom stereocenters. The van der Waals surface area contributed by atoms with Gasteiger partial charge < -0.3 is 20.1 Å². The van der Waals surface area contributed by atoms with Crippen molar-refractivity contribution in [2.24, 2.45) is 0 Å². The zero-order valence-corrected chi connectivity index (χ0v) is 19.0. The van der Waals surface area contributed by atoms with Crippen molar-refractivity contribution >= 4 is 23.2 Å². The van der Waals surface area contributed by atoms with Gasteiger partial charge in [-0.25, -0.2) is 4.98 Å². The highest BCUT2D eigenvalue weighted by atomic mass is 32.1. The van der Waals surface area contributed by atoms with Gasteiger partial charge in [0, 0.05) is 11.9 Å². The van der Waals surface area contributed by atoms with E-state index >= 15 is 0 Å². The molecule has 0 spiro atoms. The average Bonchev–Trinajstić information content (AvgIpc) is 3.27. The highest BCUT2D eigenvalue weighted by Gasteiger charge is 2.31. The summed E-state index contributed by atoms with van der Waals surface area (Å²) in [4.78, 5) is 28.5. The van der Waals surface area contributed by atoms with Gasteiger partial charge in [-0.05, 0) is 48.7 Å². The number of nitrogens with one attached hydrogen (secondary N) is 2. The Morgan fingerprint density at radius 1 is 1.03 bits per heavy atom. The lowest BCUT2D eigenvalue weighted by atomic mass is 10.1. The molecule has 2 aromatic carbocycles. The minimum Gasteiger partial charge on any atom is -0.484 e. The Kier molecular flexibility index (Phi) is 8.47. The topological polar surface area (TPSA) is 89.6 Å². The Morgan fingerprint density at radius 3 is 2.44 bits per heavy atom. The van der Waals surface area contributed by atoms with Crippen LogP contribution in [0.1, 0.15) is 26.6 Å². The number of aromatic nitrogens is 1. The van der Waals surface area contributed by atoms with E-state index in [0.29, 0.717) is 18.0 Å². The predicted molar refractivity (Wildman–Crippen MR) is 120 cm³/mol. The number of thiazole rings is 1. The van der Waals surface area contributed by atoms with Gasteiger partial charge in [-0.3, -0.25) is 9.59 Å². The van der Waals surface area contributed by atoms with E-state index in [9.17, 15) is 22.8 Å². The third kappa shape index (κ3) is 8.07. The Bertz CT molecular complexity index is 1120. The summed E-state index contributed by atoms with van der Waals surface area (Å²) in [6.45, 7) is 2.28. The Hall–Kier alpha value is -3.60. The van der Waals surface area contributed by atoms with E-state index in [4.69, 9.17) is 4.74 Å². The van der Waals surface area contributed by atoms with Crippen LogP contribution in [0, 0.1) is 6.92 Å². The van der Waals surface area contributed by atoms with E-state index in [2.05, 4.69) is 20.4 Å². The number of alkyl halides is 3. The van der Waals surface area contributed by atoms with Crippen LogP contribution in [0.15, 0.2) is 53.9 Å². The van der Waals surface area contributed by atoms with Gasteiger partial charge in [0.2, 0.25) is 0 Å². The maximum Gasteiger partial charge on any atom is 0.573 e. The SMILES string of the molecule is Cc1ccccc1CCNC(=O)c1csc(CNC(=O)COc2ccc(OC(F)(F)F)cc2)n1. The van der Waals surface area contributed by atoms with Gasteiger partial charge in [-0.15, -0.1) is 24.5 Å². The molecule has 1 aromatic heterocycles. The van der Waals surface area contributed by atoms with Gasteiger partial charge in [0.1, 0.15) is 22.2 Å². The average molecular weight is 494 g/mol. The summed E-state index contributed by atoms with van der Waals surface area (Å²) in [7, 11) is 0. The minimum atomic E-state index is -4.78. The first kappa shape index (κ1) is 25.0. The molecule has 0 saturated heterocycles. The lowest BCUT2D eigenvalue weighted by Gasteiger charge is -2.10. The highest BCUT2D eigenvalue weighted by molar-refractivity contribution is 7.09. The number of rotatable bonds is 10. The Balaban J connectivity index is 1.38. The van der Waals surface area contributed by atoms with Crippen LogP contribution < -0.4 is 20.1 Å². The molecule has 0 saturated carbocycles. The third-order valence-electron chi connectivity index (χ3n) is 4.59. The molecule has 7 nitrogen and oxygen atoms in total. The fourth-order valence-electron chi connectivity index (χ4n) is 2.90. The standard InChI is InChI=1S/C23H22F3N3O4S/c1-15-4-2-3-5-16(15)10-11-27-22(31)19-14-34-21(29-19)12-28-20(30)13-32-17-6-8-18(9-7-17)33-23(24,25)26/h2-9,14H,10-13H2,1H3,(H,27,31)(H,28,30). The fourth-order valence-corrected chi connectivity index (χ4v) is 3.61. The molecule has 2 N–H and O–H groups in total. The first-order valence-electron chi connectivity index (χ1n) is 10.2. The number of aryl methyl sites for hydroxylation is 1. The number of nitrogens with zero attached hydrogens (tertiary/aromatic N) is 1. The summed E-state index contributed by atoms with van der Waals surface area (Å²) < 4.78 is 45.5. The summed E-state index contributed by atoms with van der Waals surface area (Å²) in [6, 6.07) is 12.7. The van der Waals surface area contributed by atoms with Gasteiger partial charge in [-0.1, -0.05) is 24.3 Å². The van der Waals surface area contributed by atoms with E-state index in [1.807, 2.05) is 31.2 Å². The zero-order chi connectivity index (χ0) is 24.6. The van der Waals surface area contributed by atoms with Gasteiger partial charge in [0.05, 0.1) is 6.54 Å². The molecule has 0 fully saturated rings. The maximum atomic E-state index is 12.3. The van der Waals surface area contributed by atoms with Crippen LogP contribution in [-0.2, 0) is 17.8 Å². The number of ether oxygens (including phenoxy) is 2. The predicted octanol–water partition coefficient (Wildman–Crippen LogP) is 4.02. The molecule has 3 rings (SSSR count). The number of benzene rings is 2. The van der Waals surface area contributed by atoms with Gasteiger partial charge in [0.15, 0.2) is 6.61 Å². The molecular formula is C23H22F3N3O4S. The largest absolute Gasteiger partial charge is 0.573 e. The molecule has 2 amide bonds. The maximum absolute atomic E-state index is 12.3. The van der Waals surface area contributed by atoms with Gasteiger partial charge in [-0.2, -0.15) is 0 Å². The normalized spacial score (nSPS) is 11.1. The minimum absolute atomic E-state index is 0.113. The van der Waals surface area contributed by atoms with E-state index in [0.717, 1.165) is 17.7 Å². The molecule has 0 aliphatic rings. The third-order valence-corrected chi connectivity index (χ3v) is 5.44. The van der Waals surface area contributed by atoms with Crippen LogP contribution >= 0.6 is 11.3 Å². The summed E-state index contributed by atoms with van der Waals surface area (Å²) in [6.07, 6.45) is -4.07. The van der Waals surface area contributed by atoms with Crippen molar-refractivity contribution in [3.63, 3.8) is 0 Å². The molecule has 3 aromatic rings. The van der Waals surface area contributed by atoms with Crippen molar-refractivity contribution in [1.29, 1.82) is 0 Å². The van der Waals surface area contributed by atoms with Crippen molar-refractivity contribution < 1.29 is 32.2 Å². The van der Waals surface area contributed by atoms with Crippen molar-refractivity contribution in [3.8, 4) is 11.5 Å². The van der Waals surface area contributed by atoms with Crippen LogP contribution in [0.5, 0.6) is 11.5 Å². The number of carbonyl (C=O) groups is 2. The number of hydrogen-bond acceptors (Lipinski definition) is 6. The van der Waals surface area contributed by atoms with Crippen LogP contribution in [0.2, 0.25) is 0 Å². The van der Waals surface area contributed by atoms with Crippen molar-refractivity contribution in [2.45, 2.75) is 26.3 Å². The number of amides is 2. The monoisotopic (exact) mass is 493 g/mol. The van der Waals surface area contributed by atoms with E-state index in [1.54, 1.807) is 5.38 Å². The number of carbonyl (C=O) groups excluding carboxylic acids is 2. The first-order chi connectivity index (χ1) is 16.2. The van der Waals surface area contributed by atoms with Gasteiger partial charge >= 0.3 is 6.36 Å². The Labute approximate surface area is 197 Å².